The monoisotopic (exact) mass is 218 g/mol. The molecule has 3 unspecified atom stereocenters. The third kappa shape index (κ3) is 4.75. The molecule has 0 radical (unpaired) electrons. The zero-order chi connectivity index (χ0) is 12.0. The lowest BCUT2D eigenvalue weighted by Gasteiger charge is -2.20. The highest BCUT2D eigenvalue weighted by atomic mass is 16.5. The number of ether oxygens (including phenoxy) is 1. The van der Waals surface area contributed by atoms with Crippen molar-refractivity contribution in [2.45, 2.75) is 26.0 Å². The number of nitrogens with two attached hydrogens (primary N) is 1. The lowest BCUT2D eigenvalue weighted by molar-refractivity contribution is -0.145. The molecule has 1 amide bonds. The van der Waals surface area contributed by atoms with Gasteiger partial charge in [0.25, 0.3) is 0 Å². The zero-order valence-electron chi connectivity index (χ0n) is 9.19. The van der Waals surface area contributed by atoms with Crippen LogP contribution in [-0.4, -0.2) is 42.8 Å². The molecule has 0 heterocycles. The molecule has 3 atom stereocenters. The second-order valence-corrected chi connectivity index (χ2v) is 3.43. The minimum absolute atomic E-state index is 0.0256. The summed E-state index contributed by atoms with van der Waals surface area (Å²) in [4.78, 5) is 21.6. The van der Waals surface area contributed by atoms with Crippen molar-refractivity contribution in [1.29, 1.82) is 0 Å². The Morgan fingerprint density at radius 2 is 2.00 bits per heavy atom. The summed E-state index contributed by atoms with van der Waals surface area (Å²) in [5.41, 5.74) is 4.86. The van der Waals surface area contributed by atoms with E-state index in [1.807, 2.05) is 0 Å². The molecule has 0 spiro atoms. The fourth-order valence-corrected chi connectivity index (χ4v) is 0.965. The van der Waals surface area contributed by atoms with E-state index in [9.17, 15) is 9.59 Å². The molecule has 0 aliphatic carbocycles. The lowest BCUT2D eigenvalue weighted by atomic mass is 10.0. The molecule has 0 saturated heterocycles. The van der Waals surface area contributed by atoms with E-state index in [0.717, 1.165) is 0 Å². The number of amides is 1. The maximum Gasteiger partial charge on any atom is 0.309 e. The van der Waals surface area contributed by atoms with Crippen LogP contribution in [0.25, 0.3) is 0 Å². The average molecular weight is 218 g/mol. The number of carbonyl (C=O) groups is 2. The van der Waals surface area contributed by atoms with E-state index in [-0.39, 0.29) is 24.5 Å². The van der Waals surface area contributed by atoms with Gasteiger partial charge in [-0.05, 0) is 6.92 Å². The second-order valence-electron chi connectivity index (χ2n) is 3.43. The molecule has 0 bridgehead atoms. The summed E-state index contributed by atoms with van der Waals surface area (Å²) in [5.74, 6) is -1.49. The number of nitrogens with one attached hydrogen (secondary N) is 1. The van der Waals surface area contributed by atoms with E-state index in [1.54, 1.807) is 13.8 Å². The van der Waals surface area contributed by atoms with Crippen LogP contribution >= 0.6 is 0 Å². The molecule has 0 aromatic heterocycles. The van der Waals surface area contributed by atoms with Crippen LogP contribution in [-0.2, 0) is 14.3 Å². The first-order valence-corrected chi connectivity index (χ1v) is 4.68. The van der Waals surface area contributed by atoms with E-state index in [1.165, 1.54) is 7.11 Å². The van der Waals surface area contributed by atoms with Gasteiger partial charge < -0.3 is 20.9 Å². The Bertz CT molecular complexity index is 232. The molecular weight excluding hydrogens is 200 g/mol. The van der Waals surface area contributed by atoms with Crippen LogP contribution < -0.4 is 11.1 Å². The standard InChI is InChI=1S/C9H18N2O4/c1-5(9(14)15-3)6(2)11-4-7(12)8(10)13/h5-7,11-12H,4H2,1-3H3,(H2,10,13). The number of carbonyl (C=O) groups excluding carboxylic acids is 2. The molecule has 0 fully saturated rings. The number of aliphatic hydroxyl groups excluding tert-OH is 1. The smallest absolute Gasteiger partial charge is 0.309 e. The van der Waals surface area contributed by atoms with Crippen LogP contribution in [0.1, 0.15) is 13.8 Å². The Morgan fingerprint density at radius 1 is 1.47 bits per heavy atom. The van der Waals surface area contributed by atoms with Crippen molar-refractivity contribution in [1.82, 2.24) is 5.32 Å². The molecule has 0 aliphatic heterocycles. The van der Waals surface area contributed by atoms with Crippen LogP contribution in [0.4, 0.5) is 0 Å². The van der Waals surface area contributed by atoms with Crippen molar-refractivity contribution in [3.05, 3.63) is 0 Å². The van der Waals surface area contributed by atoms with Gasteiger partial charge in [-0.1, -0.05) is 6.92 Å². The predicted octanol–water partition coefficient (Wildman–Crippen LogP) is -1.38. The molecule has 0 rings (SSSR count). The topological polar surface area (TPSA) is 102 Å². The van der Waals surface area contributed by atoms with Gasteiger partial charge in [-0.15, -0.1) is 0 Å². The van der Waals surface area contributed by atoms with Crippen molar-refractivity contribution in [2.24, 2.45) is 11.7 Å². The third-order valence-electron chi connectivity index (χ3n) is 2.28. The summed E-state index contributed by atoms with van der Waals surface area (Å²) in [6.45, 7) is 3.48. The first-order chi connectivity index (χ1) is 6.90. The van der Waals surface area contributed by atoms with Crippen LogP contribution in [0.3, 0.4) is 0 Å². The van der Waals surface area contributed by atoms with Crippen LogP contribution in [0.2, 0.25) is 0 Å². The summed E-state index contributed by atoms with van der Waals surface area (Å²) in [5, 5.41) is 11.9. The highest BCUT2D eigenvalue weighted by Crippen LogP contribution is 2.04. The molecule has 0 aliphatic rings. The highest BCUT2D eigenvalue weighted by molar-refractivity contribution is 5.78. The van der Waals surface area contributed by atoms with Gasteiger partial charge in [0.1, 0.15) is 6.10 Å². The minimum Gasteiger partial charge on any atom is -0.469 e. The largest absolute Gasteiger partial charge is 0.469 e. The van der Waals surface area contributed by atoms with E-state index >= 15 is 0 Å². The van der Waals surface area contributed by atoms with E-state index in [4.69, 9.17) is 10.8 Å². The van der Waals surface area contributed by atoms with Gasteiger partial charge in [0.05, 0.1) is 13.0 Å². The number of hydrogen-bond acceptors (Lipinski definition) is 5. The number of methoxy groups -OCH3 is 1. The van der Waals surface area contributed by atoms with Crippen molar-refractivity contribution in [3.8, 4) is 0 Å². The Hall–Kier alpha value is -1.14. The summed E-state index contributed by atoms with van der Waals surface area (Å²) in [7, 11) is 1.31. The number of rotatable bonds is 6. The molecule has 4 N–H and O–H groups in total. The quantitative estimate of drug-likeness (QED) is 0.477. The summed E-state index contributed by atoms with van der Waals surface area (Å²) >= 11 is 0. The van der Waals surface area contributed by atoms with Gasteiger partial charge in [0.2, 0.25) is 5.91 Å². The van der Waals surface area contributed by atoms with Crippen molar-refractivity contribution in [2.75, 3.05) is 13.7 Å². The van der Waals surface area contributed by atoms with Gasteiger partial charge in [-0.2, -0.15) is 0 Å². The number of hydrogen-bond donors (Lipinski definition) is 3. The van der Waals surface area contributed by atoms with Gasteiger partial charge in [-0.3, -0.25) is 9.59 Å². The second kappa shape index (κ2) is 6.36. The van der Waals surface area contributed by atoms with Gasteiger partial charge in [-0.25, -0.2) is 0 Å². The molecule has 6 nitrogen and oxygen atoms in total. The number of esters is 1. The van der Waals surface area contributed by atoms with Crippen molar-refractivity contribution >= 4 is 11.9 Å². The summed E-state index contributed by atoms with van der Waals surface area (Å²) in [6, 6.07) is -0.202. The van der Waals surface area contributed by atoms with Crippen LogP contribution in [0.15, 0.2) is 0 Å². The third-order valence-corrected chi connectivity index (χ3v) is 2.28. The lowest BCUT2D eigenvalue weighted by Crippen LogP contribution is -2.44. The van der Waals surface area contributed by atoms with Crippen LogP contribution in [0, 0.1) is 5.92 Å². The average Bonchev–Trinajstić information content (AvgIpc) is 2.22. The summed E-state index contributed by atoms with van der Waals surface area (Å²) < 4.78 is 4.55. The van der Waals surface area contributed by atoms with Gasteiger partial charge >= 0.3 is 5.97 Å². The van der Waals surface area contributed by atoms with Gasteiger partial charge in [0.15, 0.2) is 0 Å². The SMILES string of the molecule is COC(=O)C(C)C(C)NCC(O)C(N)=O. The maximum atomic E-state index is 11.1. The van der Waals surface area contributed by atoms with E-state index in [0.29, 0.717) is 0 Å². The molecule has 15 heavy (non-hydrogen) atoms. The maximum absolute atomic E-state index is 11.1. The molecule has 0 aromatic rings. The molecule has 88 valence electrons. The van der Waals surface area contributed by atoms with Crippen LogP contribution in [0.5, 0.6) is 0 Å². The first kappa shape index (κ1) is 13.9. The molecule has 0 saturated carbocycles. The Morgan fingerprint density at radius 3 is 2.40 bits per heavy atom. The molecular formula is C9H18N2O4. The molecule has 0 aromatic carbocycles. The van der Waals surface area contributed by atoms with Gasteiger partial charge in [0, 0.05) is 12.6 Å². The van der Waals surface area contributed by atoms with E-state index < -0.39 is 12.0 Å². The van der Waals surface area contributed by atoms with Crippen molar-refractivity contribution in [3.63, 3.8) is 0 Å². The fourth-order valence-electron chi connectivity index (χ4n) is 0.965. The Labute approximate surface area is 88.8 Å². The highest BCUT2D eigenvalue weighted by Gasteiger charge is 2.21. The Balaban J connectivity index is 3.98. The Kier molecular flexibility index (Phi) is 5.88. The minimum atomic E-state index is -1.24. The molecule has 6 heteroatoms. The zero-order valence-corrected chi connectivity index (χ0v) is 9.19. The predicted molar refractivity (Wildman–Crippen MR) is 53.8 cm³/mol. The van der Waals surface area contributed by atoms with Crippen molar-refractivity contribution < 1.29 is 19.4 Å². The fraction of sp³-hybridized carbons (Fsp3) is 0.778. The normalized spacial score (nSPS) is 16.5. The first-order valence-electron chi connectivity index (χ1n) is 4.68. The van der Waals surface area contributed by atoms with E-state index in [2.05, 4.69) is 10.1 Å². The number of aliphatic hydroxyl groups is 1. The summed E-state index contributed by atoms with van der Waals surface area (Å²) in [6.07, 6.45) is -1.24. The number of primary amides is 1.